The standard InChI is InChI=1S/C20H32N5O7PSSi.C5H5N/c1-10(2)16(27)23-19-22-15-12(17(28)24-19)21-9-25(15)18-14(31-33(29)30)13(11(8-26)34-18)32-35(6,7)20(3,4)5;1-2-4-6-5-3-1/h9-11,13-14,18,26H,8H2,1-7H3,(H2-,22,23,24,27,28,29,30);1-5H/p+1/t11-,13-,14-,18-;/m1./s1. The number of rotatable bonds is 8. The van der Waals surface area contributed by atoms with E-state index in [-0.39, 0.29) is 40.6 Å². The largest absolute Gasteiger partial charge is 0.695 e. The zero-order chi connectivity index (χ0) is 30.5. The minimum Gasteiger partial charge on any atom is -0.410 e. The molecule has 0 saturated carbocycles. The molecule has 3 aromatic rings. The van der Waals surface area contributed by atoms with Crippen molar-refractivity contribution in [2.45, 2.75) is 75.6 Å². The second kappa shape index (κ2) is 13.6. The summed E-state index contributed by atoms with van der Waals surface area (Å²) in [6.07, 6.45) is 3.26. The van der Waals surface area contributed by atoms with Crippen LogP contribution in [0.3, 0.4) is 0 Å². The molecule has 13 nitrogen and oxygen atoms in total. The summed E-state index contributed by atoms with van der Waals surface area (Å²) in [6, 6.07) is 5.72. The Balaban J connectivity index is 0.000000681. The van der Waals surface area contributed by atoms with Gasteiger partial charge < -0.3 is 9.53 Å². The van der Waals surface area contributed by atoms with Crippen LogP contribution in [-0.4, -0.2) is 72.8 Å². The molecular formula is C25H38N6O7PSSi+. The molecule has 1 saturated heterocycles. The fourth-order valence-corrected chi connectivity index (χ4v) is 7.12. The van der Waals surface area contributed by atoms with Crippen LogP contribution in [0, 0.1) is 5.92 Å². The van der Waals surface area contributed by atoms with Crippen molar-refractivity contribution in [2.75, 3.05) is 11.9 Å². The van der Waals surface area contributed by atoms with Gasteiger partial charge in [-0.05, 0) is 30.3 Å². The molecule has 1 amide bonds. The second-order valence-corrected chi connectivity index (χ2v) is 18.1. The van der Waals surface area contributed by atoms with E-state index in [0.29, 0.717) is 0 Å². The van der Waals surface area contributed by atoms with Crippen LogP contribution in [0.5, 0.6) is 0 Å². The van der Waals surface area contributed by atoms with Gasteiger partial charge >= 0.3 is 8.25 Å². The second-order valence-electron chi connectivity index (χ2n) is 11.3. The van der Waals surface area contributed by atoms with Gasteiger partial charge in [0, 0.05) is 22.9 Å². The Morgan fingerprint density at radius 3 is 2.39 bits per heavy atom. The van der Waals surface area contributed by atoms with Gasteiger partial charge in [0.1, 0.15) is 5.37 Å². The number of H-pyrrole nitrogens is 1. The number of hydrogen-bond donors (Lipinski definition) is 4. The number of nitrogens with zero attached hydrogens (tertiary/aromatic N) is 4. The molecular weight excluding hydrogens is 587 g/mol. The van der Waals surface area contributed by atoms with E-state index in [1.54, 1.807) is 30.8 Å². The maximum Gasteiger partial charge on any atom is 0.695 e. The lowest BCUT2D eigenvalue weighted by Crippen LogP contribution is -2.49. The first-order valence-corrected chi connectivity index (χ1v) is 18.0. The van der Waals surface area contributed by atoms with Crippen LogP contribution in [0.1, 0.15) is 40.0 Å². The highest BCUT2D eigenvalue weighted by atomic mass is 32.2. The quantitative estimate of drug-likeness (QED) is 0.211. The molecule has 224 valence electrons. The molecule has 0 aromatic carbocycles. The maximum atomic E-state index is 12.6. The molecule has 0 spiro atoms. The van der Waals surface area contributed by atoms with E-state index < -0.39 is 45.0 Å². The van der Waals surface area contributed by atoms with E-state index >= 15 is 0 Å². The first-order chi connectivity index (χ1) is 19.2. The molecule has 1 aliphatic rings. The van der Waals surface area contributed by atoms with Crippen molar-refractivity contribution in [1.29, 1.82) is 0 Å². The Morgan fingerprint density at radius 2 is 1.90 bits per heavy atom. The lowest BCUT2D eigenvalue weighted by Gasteiger charge is -2.40. The third kappa shape index (κ3) is 8.06. The van der Waals surface area contributed by atoms with Crippen LogP contribution in [0.4, 0.5) is 5.95 Å². The molecule has 5 atom stereocenters. The van der Waals surface area contributed by atoms with Gasteiger partial charge in [-0.3, -0.25) is 29.4 Å². The van der Waals surface area contributed by atoms with Crippen molar-refractivity contribution >= 4 is 51.4 Å². The van der Waals surface area contributed by atoms with Gasteiger partial charge in [-0.1, -0.05) is 40.7 Å². The average Bonchev–Trinajstić information content (AvgIpc) is 3.45. The molecule has 4 rings (SSSR count). The molecule has 4 heterocycles. The number of aliphatic hydroxyl groups excluding tert-OH is 1. The van der Waals surface area contributed by atoms with E-state index in [4.69, 9.17) is 8.95 Å². The summed E-state index contributed by atoms with van der Waals surface area (Å²) >= 11 is 1.29. The number of nitrogens with one attached hydrogen (secondary N) is 2. The summed E-state index contributed by atoms with van der Waals surface area (Å²) in [5.74, 6) is -0.691. The number of pyridine rings is 1. The van der Waals surface area contributed by atoms with E-state index in [9.17, 15) is 24.2 Å². The lowest BCUT2D eigenvalue weighted by atomic mass is 10.1. The zero-order valence-electron chi connectivity index (χ0n) is 24.1. The Morgan fingerprint density at radius 1 is 1.24 bits per heavy atom. The van der Waals surface area contributed by atoms with Crippen molar-refractivity contribution in [3.05, 3.63) is 47.3 Å². The summed E-state index contributed by atoms with van der Waals surface area (Å²) in [7, 11) is -5.36. The summed E-state index contributed by atoms with van der Waals surface area (Å²) in [4.78, 5) is 49.2. The third-order valence-corrected chi connectivity index (χ3v) is 13.4. The number of carbonyl (C=O) groups excluding carboxylic acids is 1. The molecule has 0 radical (unpaired) electrons. The molecule has 1 unspecified atom stereocenters. The normalized spacial score (nSPS) is 21.5. The number of aliphatic hydroxyl groups is 1. The van der Waals surface area contributed by atoms with Gasteiger partial charge in [0.05, 0.1) is 24.3 Å². The first kappa shape index (κ1) is 33.0. The number of amides is 1. The average molecular weight is 626 g/mol. The topological polar surface area (TPSA) is 182 Å². The molecule has 0 aliphatic carbocycles. The van der Waals surface area contributed by atoms with Crippen molar-refractivity contribution in [2.24, 2.45) is 5.92 Å². The number of thioether (sulfide) groups is 1. The number of fused-ring (bicyclic) bond motifs is 1. The van der Waals surface area contributed by atoms with Crippen molar-refractivity contribution in [3.8, 4) is 0 Å². The highest BCUT2D eigenvalue weighted by molar-refractivity contribution is 8.00. The van der Waals surface area contributed by atoms with Crippen LogP contribution >= 0.6 is 20.0 Å². The summed E-state index contributed by atoms with van der Waals surface area (Å²) in [5.41, 5.74) is -0.347. The van der Waals surface area contributed by atoms with Crippen LogP contribution in [0.2, 0.25) is 18.1 Å². The monoisotopic (exact) mass is 625 g/mol. The van der Waals surface area contributed by atoms with Crippen molar-refractivity contribution in [3.63, 3.8) is 0 Å². The SMILES string of the molecule is CC(C)C(=O)Nc1nc2c(ncn2[C@@H]2S[C@H](CO)[C@@H](O[Si](C)(C)C(C)(C)C)[C@H]2O[P+](=O)O)c(=O)[nH]1.c1ccncc1. The van der Waals surface area contributed by atoms with E-state index in [1.165, 1.54) is 18.1 Å². The number of anilines is 1. The predicted octanol–water partition coefficient (Wildman–Crippen LogP) is 3.83. The van der Waals surface area contributed by atoms with E-state index in [2.05, 4.69) is 46.0 Å². The molecule has 0 bridgehead atoms. The van der Waals surface area contributed by atoms with Crippen molar-refractivity contribution < 1.29 is 28.3 Å². The number of carbonyl (C=O) groups is 1. The summed E-state index contributed by atoms with van der Waals surface area (Å²) in [6.45, 7) is 13.5. The van der Waals surface area contributed by atoms with Crippen LogP contribution in [0.15, 0.2) is 41.7 Å². The fraction of sp³-hybridized carbons (Fsp3) is 0.560. The Kier molecular flexibility index (Phi) is 11.0. The predicted molar refractivity (Wildman–Crippen MR) is 160 cm³/mol. The number of aromatic nitrogens is 5. The van der Waals surface area contributed by atoms with Crippen LogP contribution in [-0.2, 0) is 18.3 Å². The van der Waals surface area contributed by atoms with Gasteiger partial charge in [0.2, 0.25) is 11.9 Å². The highest BCUT2D eigenvalue weighted by Crippen LogP contribution is 2.50. The summed E-state index contributed by atoms with van der Waals surface area (Å²) in [5, 5.41) is 11.4. The Labute approximate surface area is 244 Å². The molecule has 3 aromatic heterocycles. The van der Waals surface area contributed by atoms with Gasteiger partial charge in [-0.15, -0.1) is 21.2 Å². The maximum absolute atomic E-state index is 12.6. The third-order valence-electron chi connectivity index (χ3n) is 6.95. The first-order valence-electron chi connectivity index (χ1n) is 13.1. The van der Waals surface area contributed by atoms with E-state index in [0.717, 1.165) is 0 Å². The lowest BCUT2D eigenvalue weighted by molar-refractivity contribution is -0.118. The summed E-state index contributed by atoms with van der Waals surface area (Å²) < 4.78 is 25.4. The molecule has 16 heteroatoms. The van der Waals surface area contributed by atoms with Gasteiger partial charge in [0.15, 0.2) is 25.6 Å². The fourth-order valence-electron chi connectivity index (χ4n) is 3.70. The highest BCUT2D eigenvalue weighted by Gasteiger charge is 2.54. The minimum atomic E-state index is -3.00. The molecule has 1 fully saturated rings. The van der Waals surface area contributed by atoms with Gasteiger partial charge in [-0.2, -0.15) is 4.98 Å². The Bertz CT molecular complexity index is 1370. The zero-order valence-corrected chi connectivity index (χ0v) is 26.8. The minimum absolute atomic E-state index is 0.0367. The number of hydrogen-bond acceptors (Lipinski definition) is 10. The van der Waals surface area contributed by atoms with Crippen LogP contribution < -0.4 is 10.9 Å². The van der Waals surface area contributed by atoms with Gasteiger partial charge in [0.25, 0.3) is 5.56 Å². The van der Waals surface area contributed by atoms with Crippen LogP contribution in [0.25, 0.3) is 11.2 Å². The Hall–Kier alpha value is -2.52. The molecule has 1 aliphatic heterocycles. The molecule has 41 heavy (non-hydrogen) atoms. The van der Waals surface area contributed by atoms with Crippen molar-refractivity contribution in [1.82, 2.24) is 24.5 Å². The van der Waals surface area contributed by atoms with Gasteiger partial charge in [-0.25, -0.2) is 4.98 Å². The number of aromatic amines is 1. The molecule has 4 N–H and O–H groups in total. The number of imidazole rings is 1. The van der Waals surface area contributed by atoms with E-state index in [1.807, 2.05) is 31.3 Å². The smallest absolute Gasteiger partial charge is 0.410 e.